The lowest BCUT2D eigenvalue weighted by atomic mass is 10.1. The molecule has 4 N–H and O–H groups in total. The minimum atomic E-state index is -1.09. The van der Waals surface area contributed by atoms with Gasteiger partial charge in [-0.1, -0.05) is 65.7 Å². The van der Waals surface area contributed by atoms with Gasteiger partial charge in [0.15, 0.2) is 5.75 Å². The fourth-order valence-electron chi connectivity index (χ4n) is 3.58. The number of anilines is 1. The molecule has 2 unspecified atom stereocenters. The van der Waals surface area contributed by atoms with Crippen molar-refractivity contribution in [2.24, 2.45) is 5.73 Å². The van der Waals surface area contributed by atoms with Crippen molar-refractivity contribution >= 4 is 34.9 Å². The van der Waals surface area contributed by atoms with Crippen molar-refractivity contribution in [2.75, 3.05) is 11.9 Å². The monoisotopic (exact) mass is 472 g/mol. The van der Waals surface area contributed by atoms with Gasteiger partial charge in [0, 0.05) is 5.56 Å². The summed E-state index contributed by atoms with van der Waals surface area (Å²) in [4.78, 5) is 11.0. The van der Waals surface area contributed by atoms with Gasteiger partial charge in [-0.05, 0) is 35.7 Å². The van der Waals surface area contributed by atoms with Crippen molar-refractivity contribution in [2.45, 2.75) is 25.2 Å². The van der Waals surface area contributed by atoms with Crippen LogP contribution in [0.5, 0.6) is 11.5 Å². The molecule has 0 radical (unpaired) electrons. The summed E-state index contributed by atoms with van der Waals surface area (Å²) in [5.74, 6) is -0.0419. The van der Waals surface area contributed by atoms with E-state index < -0.39 is 12.0 Å². The summed E-state index contributed by atoms with van der Waals surface area (Å²) in [5, 5.41) is 13.0. The van der Waals surface area contributed by atoms with Crippen LogP contribution in [0.2, 0.25) is 10.0 Å². The number of rotatable bonds is 7. The van der Waals surface area contributed by atoms with E-state index in [4.69, 9.17) is 43.5 Å². The highest BCUT2D eigenvalue weighted by molar-refractivity contribution is 6.37. The molecule has 4 rings (SSSR count). The fourth-order valence-corrected chi connectivity index (χ4v) is 4.22. The molecule has 0 saturated heterocycles. The zero-order chi connectivity index (χ0) is 22.7. The number of hydrogen-bond acceptors (Lipinski definition) is 5. The molecular weight excluding hydrogens is 451 g/mol. The highest BCUT2D eigenvalue weighted by atomic mass is 35.5. The number of nitrogens with one attached hydrogen (secondary N) is 1. The van der Waals surface area contributed by atoms with Crippen molar-refractivity contribution in [1.82, 2.24) is 0 Å². The number of halogens is 2. The van der Waals surface area contributed by atoms with Crippen LogP contribution >= 0.6 is 23.2 Å². The predicted molar refractivity (Wildman–Crippen MR) is 125 cm³/mol. The van der Waals surface area contributed by atoms with Gasteiger partial charge in [0.25, 0.3) is 0 Å². The lowest BCUT2D eigenvalue weighted by Gasteiger charge is -2.29. The molecule has 0 aromatic heterocycles. The maximum atomic E-state index is 11.0. The quantitative estimate of drug-likeness (QED) is 0.444. The van der Waals surface area contributed by atoms with E-state index in [1.807, 2.05) is 48.5 Å². The zero-order valence-corrected chi connectivity index (χ0v) is 18.6. The second-order valence-electron chi connectivity index (χ2n) is 7.52. The second-order valence-corrected chi connectivity index (χ2v) is 8.33. The molecule has 3 aromatic rings. The number of para-hydroxylation sites is 1. The highest BCUT2D eigenvalue weighted by Crippen LogP contribution is 2.39. The van der Waals surface area contributed by atoms with Gasteiger partial charge in [0.05, 0.1) is 22.3 Å². The number of carbonyl (C=O) groups is 1. The Kier molecular flexibility index (Phi) is 6.74. The largest absolute Gasteiger partial charge is 0.486 e. The van der Waals surface area contributed by atoms with Crippen molar-refractivity contribution in [1.29, 1.82) is 0 Å². The van der Waals surface area contributed by atoms with Crippen LogP contribution in [-0.2, 0) is 17.8 Å². The molecule has 1 heterocycles. The Balaban J connectivity index is 1.51. The van der Waals surface area contributed by atoms with Crippen LogP contribution in [0.3, 0.4) is 0 Å². The van der Waals surface area contributed by atoms with Crippen LogP contribution in [0.15, 0.2) is 60.7 Å². The molecule has 0 fully saturated rings. The molecule has 8 heteroatoms. The molecule has 0 aliphatic carbocycles. The lowest BCUT2D eigenvalue weighted by Crippen LogP contribution is -2.32. The maximum absolute atomic E-state index is 11.0. The molecule has 32 heavy (non-hydrogen) atoms. The predicted octanol–water partition coefficient (Wildman–Crippen LogP) is 5.07. The van der Waals surface area contributed by atoms with Gasteiger partial charge in [-0.25, -0.2) is 0 Å². The standard InChI is InChI=1S/C24H22Cl2N2O4/c25-17-9-14(11-19(27)24(29)30)10-18(26)23(17)31-13-16-7-4-8-20-22(16)32-21(12-28-20)15-5-2-1-3-6-15/h1-10,19,21,28H,11-13,27H2,(H,29,30). The molecule has 3 aromatic carbocycles. The normalized spacial score (nSPS) is 15.8. The SMILES string of the molecule is NC(Cc1cc(Cl)c(OCc2cccc3c2OC(c2ccccc2)CN3)c(Cl)c1)C(=O)O. The van der Waals surface area contributed by atoms with E-state index in [2.05, 4.69) is 5.32 Å². The lowest BCUT2D eigenvalue weighted by molar-refractivity contribution is -0.138. The van der Waals surface area contributed by atoms with Crippen molar-refractivity contribution < 1.29 is 19.4 Å². The third-order valence-electron chi connectivity index (χ3n) is 5.21. The maximum Gasteiger partial charge on any atom is 0.320 e. The van der Waals surface area contributed by atoms with Crippen LogP contribution in [0, 0.1) is 0 Å². The van der Waals surface area contributed by atoms with E-state index in [1.54, 1.807) is 12.1 Å². The zero-order valence-electron chi connectivity index (χ0n) is 17.1. The number of carboxylic acid groups (broad SMARTS) is 1. The summed E-state index contributed by atoms with van der Waals surface area (Å²) in [6, 6.07) is 18.0. The van der Waals surface area contributed by atoms with Crippen LogP contribution < -0.4 is 20.5 Å². The van der Waals surface area contributed by atoms with E-state index in [1.165, 1.54) is 0 Å². The molecule has 0 saturated carbocycles. The van der Waals surface area contributed by atoms with Crippen molar-refractivity contribution in [3.05, 3.63) is 87.4 Å². The smallest absolute Gasteiger partial charge is 0.320 e. The molecule has 0 spiro atoms. The number of aliphatic carboxylic acids is 1. The highest BCUT2D eigenvalue weighted by Gasteiger charge is 2.24. The average Bonchev–Trinajstić information content (AvgIpc) is 2.78. The Morgan fingerprint density at radius 3 is 2.56 bits per heavy atom. The number of fused-ring (bicyclic) bond motifs is 1. The number of nitrogens with two attached hydrogens (primary N) is 1. The first-order valence-corrected chi connectivity index (χ1v) is 10.8. The van der Waals surface area contributed by atoms with Gasteiger partial charge in [0.2, 0.25) is 0 Å². The van der Waals surface area contributed by atoms with Gasteiger partial charge < -0.3 is 25.6 Å². The second kappa shape index (κ2) is 9.69. The Hall–Kier alpha value is -2.93. The first-order valence-electron chi connectivity index (χ1n) is 10.1. The Morgan fingerprint density at radius 2 is 1.88 bits per heavy atom. The van der Waals surface area contributed by atoms with Crippen LogP contribution in [0.4, 0.5) is 5.69 Å². The van der Waals surface area contributed by atoms with E-state index in [0.29, 0.717) is 17.9 Å². The first-order chi connectivity index (χ1) is 15.4. The number of benzene rings is 3. The van der Waals surface area contributed by atoms with Crippen molar-refractivity contribution in [3.63, 3.8) is 0 Å². The molecule has 0 amide bonds. The van der Waals surface area contributed by atoms with Crippen LogP contribution in [0.25, 0.3) is 0 Å². The van der Waals surface area contributed by atoms with Gasteiger partial charge >= 0.3 is 5.97 Å². The van der Waals surface area contributed by atoms with E-state index in [0.717, 1.165) is 22.6 Å². The van der Waals surface area contributed by atoms with Gasteiger partial charge in [0.1, 0.15) is 24.5 Å². The average molecular weight is 473 g/mol. The van der Waals surface area contributed by atoms with Crippen LogP contribution in [0.1, 0.15) is 22.8 Å². The fraction of sp³-hybridized carbons (Fsp3) is 0.208. The van der Waals surface area contributed by atoms with E-state index in [-0.39, 0.29) is 29.2 Å². The molecule has 166 valence electrons. The molecule has 0 bridgehead atoms. The molecular formula is C24H22Cl2N2O4. The first kappa shape index (κ1) is 22.3. The van der Waals surface area contributed by atoms with E-state index >= 15 is 0 Å². The number of carboxylic acids is 1. The third kappa shape index (κ3) is 4.93. The van der Waals surface area contributed by atoms with Crippen LogP contribution in [-0.4, -0.2) is 23.7 Å². The minimum absolute atomic E-state index is 0.113. The summed E-state index contributed by atoms with van der Waals surface area (Å²) in [5.41, 5.74) is 9.05. The number of hydrogen-bond donors (Lipinski definition) is 3. The topological polar surface area (TPSA) is 93.8 Å². The molecule has 1 aliphatic rings. The van der Waals surface area contributed by atoms with E-state index in [9.17, 15) is 4.79 Å². The van der Waals surface area contributed by atoms with Gasteiger partial charge in [-0.3, -0.25) is 4.79 Å². The van der Waals surface area contributed by atoms with Gasteiger partial charge in [-0.15, -0.1) is 0 Å². The summed E-state index contributed by atoms with van der Waals surface area (Å²) in [6.45, 7) is 0.860. The van der Waals surface area contributed by atoms with Crippen molar-refractivity contribution in [3.8, 4) is 11.5 Å². The molecule has 6 nitrogen and oxygen atoms in total. The molecule has 2 atom stereocenters. The Labute approximate surface area is 195 Å². The summed E-state index contributed by atoms with van der Waals surface area (Å²) >= 11 is 12.7. The summed E-state index contributed by atoms with van der Waals surface area (Å²) < 4.78 is 12.3. The van der Waals surface area contributed by atoms with Gasteiger partial charge in [-0.2, -0.15) is 0 Å². The summed E-state index contributed by atoms with van der Waals surface area (Å²) in [7, 11) is 0. The number of ether oxygens (including phenoxy) is 2. The third-order valence-corrected chi connectivity index (χ3v) is 5.77. The summed E-state index contributed by atoms with van der Waals surface area (Å²) in [6.07, 6.45) is -0.00324. The molecule has 1 aliphatic heterocycles. The Morgan fingerprint density at radius 1 is 1.16 bits per heavy atom. The minimum Gasteiger partial charge on any atom is -0.486 e. The Bertz CT molecular complexity index is 1100.